The summed E-state index contributed by atoms with van der Waals surface area (Å²) >= 11 is 0. The van der Waals surface area contributed by atoms with Crippen molar-refractivity contribution in [1.29, 1.82) is 0 Å². The fraction of sp³-hybridized carbons (Fsp3) is 0.562. The number of allylic oxidation sites excluding steroid dienone is 18. The van der Waals surface area contributed by atoms with Gasteiger partial charge in [-0.2, -0.15) is 0 Å². The molecule has 0 saturated carbocycles. The molecule has 1 unspecified atom stereocenters. The molecule has 0 spiro atoms. The monoisotopic (exact) mass is 747 g/mol. The first-order valence-corrected chi connectivity index (χ1v) is 20.9. The molecule has 0 fully saturated rings. The van der Waals surface area contributed by atoms with Gasteiger partial charge in [0.15, 0.2) is 6.10 Å². The van der Waals surface area contributed by atoms with E-state index in [4.69, 9.17) is 14.2 Å². The van der Waals surface area contributed by atoms with E-state index >= 15 is 0 Å². The quantitative estimate of drug-likeness (QED) is 0.0211. The number of carbonyl (C=O) groups excluding carboxylic acids is 3. The molecule has 0 rings (SSSR count). The maximum Gasteiger partial charge on any atom is 0.306 e. The Morgan fingerprint density at radius 3 is 1.30 bits per heavy atom. The summed E-state index contributed by atoms with van der Waals surface area (Å²) in [5.74, 6) is -1.04. The number of carbonyl (C=O) groups is 3. The van der Waals surface area contributed by atoms with Crippen LogP contribution in [0.25, 0.3) is 0 Å². The van der Waals surface area contributed by atoms with Gasteiger partial charge in [-0.25, -0.2) is 0 Å². The molecule has 0 aliphatic rings. The summed E-state index contributed by atoms with van der Waals surface area (Å²) in [4.78, 5) is 37.6. The Kier molecular flexibility index (Phi) is 38.8. The average Bonchev–Trinajstić information content (AvgIpc) is 3.17. The molecule has 0 N–H and O–H groups in total. The van der Waals surface area contributed by atoms with Gasteiger partial charge in [0, 0.05) is 19.3 Å². The summed E-state index contributed by atoms with van der Waals surface area (Å²) in [6.07, 6.45) is 55.1. The second kappa shape index (κ2) is 41.8. The van der Waals surface area contributed by atoms with E-state index in [0.717, 1.165) is 109 Å². The minimum atomic E-state index is -0.819. The van der Waals surface area contributed by atoms with Crippen molar-refractivity contribution in [2.45, 2.75) is 162 Å². The molecule has 6 nitrogen and oxygen atoms in total. The number of ether oxygens (including phenoxy) is 3. The van der Waals surface area contributed by atoms with Crippen LogP contribution in [0, 0.1) is 0 Å². The zero-order valence-electron chi connectivity index (χ0n) is 34.2. The van der Waals surface area contributed by atoms with Crippen molar-refractivity contribution in [3.8, 4) is 0 Å². The Morgan fingerprint density at radius 2 is 0.759 bits per heavy atom. The van der Waals surface area contributed by atoms with Crippen LogP contribution < -0.4 is 0 Å². The molecule has 0 aromatic rings. The summed E-state index contributed by atoms with van der Waals surface area (Å²) < 4.78 is 16.5. The lowest BCUT2D eigenvalue weighted by Crippen LogP contribution is -2.30. The van der Waals surface area contributed by atoms with Crippen molar-refractivity contribution in [2.24, 2.45) is 0 Å². The second-order valence-electron chi connectivity index (χ2n) is 13.2. The van der Waals surface area contributed by atoms with Gasteiger partial charge < -0.3 is 14.2 Å². The highest BCUT2D eigenvalue weighted by Gasteiger charge is 2.19. The lowest BCUT2D eigenvalue weighted by atomic mass is 10.1. The van der Waals surface area contributed by atoms with E-state index in [1.54, 1.807) is 0 Å². The Balaban J connectivity index is 4.52. The zero-order chi connectivity index (χ0) is 39.4. The maximum atomic E-state index is 12.7. The van der Waals surface area contributed by atoms with E-state index in [0.29, 0.717) is 19.3 Å². The minimum absolute atomic E-state index is 0.119. The van der Waals surface area contributed by atoms with E-state index < -0.39 is 6.10 Å². The van der Waals surface area contributed by atoms with Crippen LogP contribution in [0.1, 0.15) is 156 Å². The lowest BCUT2D eigenvalue weighted by Gasteiger charge is -2.18. The lowest BCUT2D eigenvalue weighted by molar-refractivity contribution is -0.167. The molecule has 0 aliphatic carbocycles. The van der Waals surface area contributed by atoms with Crippen LogP contribution >= 0.6 is 0 Å². The third-order valence-electron chi connectivity index (χ3n) is 8.10. The molecule has 1 atom stereocenters. The molecule has 0 radical (unpaired) electrons. The maximum absolute atomic E-state index is 12.7. The van der Waals surface area contributed by atoms with E-state index in [1.165, 1.54) is 0 Å². The molecule has 0 saturated heterocycles. The van der Waals surface area contributed by atoms with Crippen molar-refractivity contribution in [3.05, 3.63) is 109 Å². The highest BCUT2D eigenvalue weighted by molar-refractivity contribution is 5.71. The first kappa shape index (κ1) is 50.1. The molecule has 0 bridgehead atoms. The molecule has 302 valence electrons. The van der Waals surface area contributed by atoms with Crippen LogP contribution in [-0.2, 0) is 28.6 Å². The second-order valence-corrected chi connectivity index (χ2v) is 13.2. The third kappa shape index (κ3) is 39.3. The van der Waals surface area contributed by atoms with Gasteiger partial charge in [0.2, 0.25) is 0 Å². The van der Waals surface area contributed by atoms with Crippen LogP contribution in [0.4, 0.5) is 0 Å². The summed E-state index contributed by atoms with van der Waals surface area (Å²) in [5, 5.41) is 0. The van der Waals surface area contributed by atoms with Crippen LogP contribution in [0.2, 0.25) is 0 Å². The molecule has 0 amide bonds. The topological polar surface area (TPSA) is 78.9 Å². The SMILES string of the molecule is CC\C=C/C=C\C=C/C=C\CCCCCCCC(=O)OCC(COC(=O)CCCC/C=C\C/C=C\CC)OC(=O)CCCC/C=C\C/C=C\C/C=C\CC. The number of hydrogen-bond donors (Lipinski definition) is 0. The van der Waals surface area contributed by atoms with Gasteiger partial charge in [0.25, 0.3) is 0 Å². The Bertz CT molecular complexity index is 1180. The number of rotatable bonds is 35. The van der Waals surface area contributed by atoms with Crippen molar-refractivity contribution in [1.82, 2.24) is 0 Å². The minimum Gasteiger partial charge on any atom is -0.462 e. The molecular formula is C48H74O6. The van der Waals surface area contributed by atoms with Crippen LogP contribution in [0.15, 0.2) is 109 Å². The number of esters is 3. The average molecular weight is 747 g/mol. The van der Waals surface area contributed by atoms with Gasteiger partial charge in [-0.15, -0.1) is 0 Å². The fourth-order valence-corrected chi connectivity index (χ4v) is 5.03. The first-order valence-electron chi connectivity index (χ1n) is 20.9. The molecule has 54 heavy (non-hydrogen) atoms. The van der Waals surface area contributed by atoms with E-state index in [-0.39, 0.29) is 37.5 Å². The van der Waals surface area contributed by atoms with Gasteiger partial charge in [-0.1, -0.05) is 149 Å². The highest BCUT2D eigenvalue weighted by Crippen LogP contribution is 2.11. The van der Waals surface area contributed by atoms with Gasteiger partial charge in [-0.05, 0) is 96.3 Å². The third-order valence-corrected chi connectivity index (χ3v) is 8.10. The Labute approximate surface area is 330 Å². The molecule has 0 heterocycles. The molecular weight excluding hydrogens is 673 g/mol. The van der Waals surface area contributed by atoms with Crippen LogP contribution in [-0.4, -0.2) is 37.2 Å². The predicted octanol–water partition coefficient (Wildman–Crippen LogP) is 13.2. The molecule has 0 aromatic heterocycles. The molecule has 0 aromatic carbocycles. The largest absolute Gasteiger partial charge is 0.462 e. The Hall–Kier alpha value is -3.93. The van der Waals surface area contributed by atoms with Crippen molar-refractivity contribution >= 4 is 17.9 Å². The predicted molar refractivity (Wildman–Crippen MR) is 228 cm³/mol. The van der Waals surface area contributed by atoms with Gasteiger partial charge in [0.05, 0.1) is 0 Å². The van der Waals surface area contributed by atoms with Crippen molar-refractivity contribution < 1.29 is 28.6 Å². The van der Waals surface area contributed by atoms with Crippen LogP contribution in [0.3, 0.4) is 0 Å². The van der Waals surface area contributed by atoms with E-state index in [1.807, 2.05) is 24.3 Å². The first-order chi connectivity index (χ1) is 26.5. The Morgan fingerprint density at radius 1 is 0.389 bits per heavy atom. The summed E-state index contributed by atoms with van der Waals surface area (Å²) in [7, 11) is 0. The van der Waals surface area contributed by atoms with Crippen molar-refractivity contribution in [3.63, 3.8) is 0 Å². The number of unbranched alkanes of at least 4 members (excludes halogenated alkanes) is 9. The van der Waals surface area contributed by atoms with Crippen molar-refractivity contribution in [2.75, 3.05) is 13.2 Å². The normalized spacial score (nSPS) is 13.2. The van der Waals surface area contributed by atoms with Gasteiger partial charge in [0.1, 0.15) is 13.2 Å². The number of hydrogen-bond acceptors (Lipinski definition) is 6. The van der Waals surface area contributed by atoms with Gasteiger partial charge >= 0.3 is 17.9 Å². The smallest absolute Gasteiger partial charge is 0.306 e. The summed E-state index contributed by atoms with van der Waals surface area (Å²) in [6, 6.07) is 0. The van der Waals surface area contributed by atoms with E-state index in [9.17, 15) is 14.4 Å². The van der Waals surface area contributed by atoms with E-state index in [2.05, 4.69) is 106 Å². The molecule has 0 aliphatic heterocycles. The van der Waals surface area contributed by atoms with Gasteiger partial charge in [-0.3, -0.25) is 14.4 Å². The summed E-state index contributed by atoms with van der Waals surface area (Å²) in [5.41, 5.74) is 0. The zero-order valence-corrected chi connectivity index (χ0v) is 34.2. The summed E-state index contributed by atoms with van der Waals surface area (Å²) in [6.45, 7) is 6.12. The fourth-order valence-electron chi connectivity index (χ4n) is 5.03. The van der Waals surface area contributed by atoms with Crippen LogP contribution in [0.5, 0.6) is 0 Å². The highest BCUT2D eigenvalue weighted by atomic mass is 16.6. The molecule has 6 heteroatoms. The standard InChI is InChI=1S/C48H74O6/c1-4-7-10-13-16-19-21-23-24-25-27-29-32-35-38-41-47(50)53-44-45(43-52-46(49)40-37-34-31-28-18-15-12-9-6-3)54-48(51)42-39-36-33-30-26-22-20-17-14-11-8-5-2/h7-13,16-21,23-24,26,28,30,45H,4-6,14-15,22,25,27,29,31-44H2,1-3H3/b10-7-,11-8-,12-9-,16-13-,20-17-,21-19-,24-23-,28-18-,30-26-.